The number of nitrogens with one attached hydrogen (secondary N) is 1. The minimum atomic E-state index is -3.66. The molecule has 0 aliphatic carbocycles. The van der Waals surface area contributed by atoms with E-state index in [1.807, 2.05) is 51.1 Å². The van der Waals surface area contributed by atoms with Crippen molar-refractivity contribution in [1.29, 1.82) is 0 Å². The van der Waals surface area contributed by atoms with Crippen LogP contribution in [0.3, 0.4) is 0 Å². The molecule has 0 amide bonds. The van der Waals surface area contributed by atoms with Crippen molar-refractivity contribution >= 4 is 21.5 Å². The quantitative estimate of drug-likeness (QED) is 0.657. The summed E-state index contributed by atoms with van der Waals surface area (Å²) in [5.41, 5.74) is 4.92. The number of rotatable bonds is 5. The average Bonchev–Trinajstić information content (AvgIpc) is 3.26. The number of nitrogens with zero attached hydrogens (tertiary/aromatic N) is 3. The van der Waals surface area contributed by atoms with Crippen molar-refractivity contribution in [2.75, 3.05) is 22.7 Å². The van der Waals surface area contributed by atoms with Gasteiger partial charge in [-0.15, -0.1) is 10.2 Å². The van der Waals surface area contributed by atoms with Crippen molar-refractivity contribution in [1.82, 2.24) is 10.2 Å². The lowest BCUT2D eigenvalue weighted by molar-refractivity contribution is 0.600. The first-order valence-electron chi connectivity index (χ1n) is 10.1. The van der Waals surface area contributed by atoms with Crippen molar-refractivity contribution in [3.63, 3.8) is 0 Å². The maximum absolute atomic E-state index is 12.9. The third-order valence-electron chi connectivity index (χ3n) is 5.59. The Morgan fingerprint density at radius 2 is 1.50 bits per heavy atom. The molecule has 1 aromatic heterocycles. The summed E-state index contributed by atoms with van der Waals surface area (Å²) in [5, 5.41) is 8.69. The highest BCUT2D eigenvalue weighted by Crippen LogP contribution is 2.25. The maximum atomic E-state index is 12.9. The lowest BCUT2D eigenvalue weighted by atomic mass is 10.1. The molecule has 1 aliphatic rings. The fourth-order valence-electron chi connectivity index (χ4n) is 3.74. The molecule has 0 bridgehead atoms. The molecule has 1 fully saturated rings. The van der Waals surface area contributed by atoms with Crippen molar-refractivity contribution in [2.24, 2.45) is 0 Å². The minimum Gasteiger partial charge on any atom is -0.355 e. The van der Waals surface area contributed by atoms with Crippen LogP contribution in [0.5, 0.6) is 0 Å². The third kappa shape index (κ3) is 4.16. The van der Waals surface area contributed by atoms with E-state index in [1.165, 1.54) is 12.8 Å². The standard InChI is InChI=1S/C23H26N4O2S/c1-16-14-18(3)22(15-17(16)2)30(28,29)26-20-8-6-19(7-9-20)21-10-11-23(25-24-21)27-12-4-5-13-27/h6-11,14-15,26H,4-5,12-13H2,1-3H3. The van der Waals surface area contributed by atoms with Gasteiger partial charge in [0.1, 0.15) is 0 Å². The number of aromatic nitrogens is 2. The monoisotopic (exact) mass is 422 g/mol. The van der Waals surface area contributed by atoms with E-state index < -0.39 is 10.0 Å². The molecule has 1 aliphatic heterocycles. The molecule has 3 aromatic rings. The van der Waals surface area contributed by atoms with Crippen LogP contribution in [-0.2, 0) is 10.0 Å². The lowest BCUT2D eigenvalue weighted by Gasteiger charge is -2.15. The largest absolute Gasteiger partial charge is 0.355 e. The van der Waals surface area contributed by atoms with Gasteiger partial charge in [-0.25, -0.2) is 8.42 Å². The maximum Gasteiger partial charge on any atom is 0.262 e. The van der Waals surface area contributed by atoms with Crippen LogP contribution >= 0.6 is 0 Å². The molecule has 4 rings (SSSR count). The van der Waals surface area contributed by atoms with Crippen molar-refractivity contribution in [2.45, 2.75) is 38.5 Å². The number of hydrogen-bond acceptors (Lipinski definition) is 5. The van der Waals surface area contributed by atoms with Crippen molar-refractivity contribution < 1.29 is 8.42 Å². The summed E-state index contributed by atoms with van der Waals surface area (Å²) in [6.07, 6.45) is 2.39. The van der Waals surface area contributed by atoms with E-state index in [4.69, 9.17) is 0 Å². The van der Waals surface area contributed by atoms with Crippen molar-refractivity contribution in [3.8, 4) is 11.3 Å². The second kappa shape index (κ2) is 8.07. The Labute approximate surface area is 178 Å². The molecule has 0 saturated carbocycles. The molecule has 0 radical (unpaired) electrons. The first-order valence-corrected chi connectivity index (χ1v) is 11.6. The molecular formula is C23H26N4O2S. The highest BCUT2D eigenvalue weighted by Gasteiger charge is 2.18. The summed E-state index contributed by atoms with van der Waals surface area (Å²) in [6, 6.07) is 14.8. The van der Waals surface area contributed by atoms with Crippen LogP contribution in [-0.4, -0.2) is 31.7 Å². The van der Waals surface area contributed by atoms with E-state index in [-0.39, 0.29) is 0 Å². The Bertz CT molecular complexity index is 1150. The van der Waals surface area contributed by atoms with E-state index in [0.717, 1.165) is 46.9 Å². The van der Waals surface area contributed by atoms with Gasteiger partial charge in [-0.2, -0.15) is 0 Å². The third-order valence-corrected chi connectivity index (χ3v) is 7.12. The molecule has 2 aromatic carbocycles. The molecule has 0 spiro atoms. The van der Waals surface area contributed by atoms with Crippen LogP contribution in [0.1, 0.15) is 29.5 Å². The smallest absolute Gasteiger partial charge is 0.262 e. The zero-order chi connectivity index (χ0) is 21.3. The van der Waals surface area contributed by atoms with Gasteiger partial charge in [-0.1, -0.05) is 18.2 Å². The van der Waals surface area contributed by atoms with Crippen LogP contribution in [0, 0.1) is 20.8 Å². The minimum absolute atomic E-state index is 0.304. The van der Waals surface area contributed by atoms with Crippen LogP contribution in [0.2, 0.25) is 0 Å². The Balaban J connectivity index is 1.51. The van der Waals surface area contributed by atoms with Gasteiger partial charge in [0.05, 0.1) is 10.6 Å². The van der Waals surface area contributed by atoms with Gasteiger partial charge < -0.3 is 4.90 Å². The first-order chi connectivity index (χ1) is 14.3. The topological polar surface area (TPSA) is 75.2 Å². The van der Waals surface area contributed by atoms with E-state index in [1.54, 1.807) is 18.2 Å². The summed E-state index contributed by atoms with van der Waals surface area (Å²) >= 11 is 0. The molecule has 0 atom stereocenters. The molecule has 7 heteroatoms. The highest BCUT2D eigenvalue weighted by atomic mass is 32.2. The van der Waals surface area contributed by atoms with Crippen LogP contribution < -0.4 is 9.62 Å². The van der Waals surface area contributed by atoms with Gasteiger partial charge in [0, 0.05) is 24.3 Å². The molecule has 1 saturated heterocycles. The van der Waals surface area contributed by atoms with E-state index in [0.29, 0.717) is 10.6 Å². The SMILES string of the molecule is Cc1cc(C)c(S(=O)(=O)Nc2ccc(-c3ccc(N4CCCC4)nn3)cc2)cc1C. The zero-order valence-electron chi connectivity index (χ0n) is 17.5. The number of benzene rings is 2. The fraction of sp³-hybridized carbons (Fsp3) is 0.304. The number of hydrogen-bond donors (Lipinski definition) is 1. The predicted octanol–water partition coefficient (Wildman–Crippen LogP) is 4.47. The van der Waals surface area contributed by atoms with Gasteiger partial charge >= 0.3 is 0 Å². The summed E-state index contributed by atoms with van der Waals surface area (Å²) in [4.78, 5) is 2.54. The molecule has 2 heterocycles. The van der Waals surface area contributed by atoms with E-state index >= 15 is 0 Å². The van der Waals surface area contributed by atoms with E-state index in [2.05, 4.69) is 19.8 Å². The summed E-state index contributed by atoms with van der Waals surface area (Å²) < 4.78 is 28.4. The van der Waals surface area contributed by atoms with Gasteiger partial charge in [-0.3, -0.25) is 4.72 Å². The number of anilines is 2. The summed E-state index contributed by atoms with van der Waals surface area (Å²) in [5.74, 6) is 0.907. The molecule has 6 nitrogen and oxygen atoms in total. The Morgan fingerprint density at radius 3 is 2.13 bits per heavy atom. The second-order valence-electron chi connectivity index (χ2n) is 7.86. The molecule has 1 N–H and O–H groups in total. The van der Waals surface area contributed by atoms with Crippen LogP contribution in [0.15, 0.2) is 53.4 Å². The van der Waals surface area contributed by atoms with Crippen LogP contribution in [0.25, 0.3) is 11.3 Å². The lowest BCUT2D eigenvalue weighted by Crippen LogP contribution is -2.19. The van der Waals surface area contributed by atoms with Gasteiger partial charge in [-0.05, 0) is 80.6 Å². The molecule has 0 unspecified atom stereocenters. The Morgan fingerprint density at radius 1 is 0.833 bits per heavy atom. The Hall–Kier alpha value is -2.93. The first kappa shape index (κ1) is 20.3. The van der Waals surface area contributed by atoms with Crippen LogP contribution in [0.4, 0.5) is 11.5 Å². The van der Waals surface area contributed by atoms with Gasteiger partial charge in [0.15, 0.2) is 5.82 Å². The average molecular weight is 423 g/mol. The second-order valence-corrected chi connectivity index (χ2v) is 9.51. The normalized spacial score (nSPS) is 14.2. The van der Waals surface area contributed by atoms with Crippen molar-refractivity contribution in [3.05, 3.63) is 65.2 Å². The fourth-order valence-corrected chi connectivity index (χ4v) is 5.11. The molecular weight excluding hydrogens is 396 g/mol. The molecule has 156 valence electrons. The zero-order valence-corrected chi connectivity index (χ0v) is 18.3. The van der Waals surface area contributed by atoms with Gasteiger partial charge in [0.2, 0.25) is 0 Å². The Kier molecular flexibility index (Phi) is 5.47. The van der Waals surface area contributed by atoms with E-state index in [9.17, 15) is 8.42 Å². The highest BCUT2D eigenvalue weighted by molar-refractivity contribution is 7.92. The number of sulfonamides is 1. The number of aryl methyl sites for hydroxylation is 3. The van der Waals surface area contributed by atoms with Gasteiger partial charge in [0.25, 0.3) is 10.0 Å². The predicted molar refractivity (Wildman–Crippen MR) is 120 cm³/mol. The molecule has 30 heavy (non-hydrogen) atoms. The summed E-state index contributed by atoms with van der Waals surface area (Å²) in [6.45, 7) is 7.77. The summed E-state index contributed by atoms with van der Waals surface area (Å²) in [7, 11) is -3.66.